The quantitative estimate of drug-likeness (QED) is 0.925. The van der Waals surface area contributed by atoms with E-state index < -0.39 is 5.97 Å². The number of amides is 1. The standard InChI is InChI=1S/C17H21NO4/c1-22-13-4-2-3-12(9-13)14-10-15(14)16(19)18-7-5-11(6-8-18)17(20)21/h2-4,9,11,14-15H,5-8,10H2,1H3,(H,20,21)/t14-,15+/m1/s1. The van der Waals surface area contributed by atoms with Crippen LogP contribution >= 0.6 is 0 Å². The summed E-state index contributed by atoms with van der Waals surface area (Å²) in [6.07, 6.45) is 2.01. The van der Waals surface area contributed by atoms with E-state index in [1.165, 1.54) is 0 Å². The summed E-state index contributed by atoms with van der Waals surface area (Å²) in [6, 6.07) is 7.89. The van der Waals surface area contributed by atoms with E-state index in [1.807, 2.05) is 29.2 Å². The first-order valence-electron chi connectivity index (χ1n) is 7.75. The molecule has 1 amide bonds. The van der Waals surface area contributed by atoms with E-state index in [4.69, 9.17) is 9.84 Å². The monoisotopic (exact) mass is 303 g/mol. The summed E-state index contributed by atoms with van der Waals surface area (Å²) in [5.74, 6) is 0.285. The van der Waals surface area contributed by atoms with Crippen molar-refractivity contribution in [3.63, 3.8) is 0 Å². The number of carboxylic acid groups (broad SMARTS) is 1. The predicted octanol–water partition coefficient (Wildman–Crippen LogP) is 2.12. The number of hydrogen-bond acceptors (Lipinski definition) is 3. The third-order valence-corrected chi connectivity index (χ3v) is 4.79. The van der Waals surface area contributed by atoms with Crippen LogP contribution in [0.3, 0.4) is 0 Å². The van der Waals surface area contributed by atoms with Gasteiger partial charge in [-0.25, -0.2) is 0 Å². The molecule has 2 atom stereocenters. The van der Waals surface area contributed by atoms with Crippen molar-refractivity contribution in [3.05, 3.63) is 29.8 Å². The Morgan fingerprint density at radius 2 is 2.00 bits per heavy atom. The summed E-state index contributed by atoms with van der Waals surface area (Å²) < 4.78 is 5.23. The lowest BCUT2D eigenvalue weighted by atomic mass is 9.96. The van der Waals surface area contributed by atoms with E-state index in [0.29, 0.717) is 25.9 Å². The van der Waals surface area contributed by atoms with Crippen molar-refractivity contribution >= 4 is 11.9 Å². The van der Waals surface area contributed by atoms with Gasteiger partial charge in [0.05, 0.1) is 13.0 Å². The Morgan fingerprint density at radius 3 is 2.64 bits per heavy atom. The zero-order chi connectivity index (χ0) is 15.7. The second-order valence-electron chi connectivity index (χ2n) is 6.16. The molecule has 2 fully saturated rings. The Morgan fingerprint density at radius 1 is 1.27 bits per heavy atom. The first kappa shape index (κ1) is 14.9. The molecule has 2 aliphatic rings. The molecule has 5 nitrogen and oxygen atoms in total. The molecule has 1 aliphatic heterocycles. The van der Waals surface area contributed by atoms with E-state index in [9.17, 15) is 9.59 Å². The van der Waals surface area contributed by atoms with Crippen molar-refractivity contribution in [2.24, 2.45) is 11.8 Å². The highest BCUT2D eigenvalue weighted by Crippen LogP contribution is 2.49. The molecule has 3 rings (SSSR count). The number of ether oxygens (including phenoxy) is 1. The largest absolute Gasteiger partial charge is 0.497 e. The summed E-state index contributed by atoms with van der Waals surface area (Å²) in [4.78, 5) is 25.3. The molecule has 5 heteroatoms. The number of carboxylic acids is 1. The highest BCUT2D eigenvalue weighted by Gasteiger charge is 2.46. The zero-order valence-electron chi connectivity index (χ0n) is 12.7. The first-order chi connectivity index (χ1) is 10.6. The number of rotatable bonds is 4. The molecule has 1 aromatic rings. The van der Waals surface area contributed by atoms with E-state index in [2.05, 4.69) is 0 Å². The maximum absolute atomic E-state index is 12.5. The third kappa shape index (κ3) is 2.93. The molecule has 0 unspecified atom stereocenters. The average molecular weight is 303 g/mol. The number of carbonyl (C=O) groups excluding carboxylic acids is 1. The van der Waals surface area contributed by atoms with Crippen LogP contribution in [0.1, 0.15) is 30.7 Å². The second kappa shape index (κ2) is 5.99. The third-order valence-electron chi connectivity index (χ3n) is 4.79. The highest BCUT2D eigenvalue weighted by atomic mass is 16.5. The van der Waals surface area contributed by atoms with Crippen LogP contribution in [0.2, 0.25) is 0 Å². The van der Waals surface area contributed by atoms with Crippen LogP contribution in [-0.2, 0) is 9.59 Å². The Labute approximate surface area is 129 Å². The van der Waals surface area contributed by atoms with Crippen LogP contribution in [-0.4, -0.2) is 42.1 Å². The fourth-order valence-electron chi connectivity index (χ4n) is 3.29. The summed E-state index contributed by atoms with van der Waals surface area (Å²) in [5.41, 5.74) is 1.15. The van der Waals surface area contributed by atoms with Crippen molar-refractivity contribution in [3.8, 4) is 5.75 Å². The predicted molar refractivity (Wildman–Crippen MR) is 80.8 cm³/mol. The Kier molecular flexibility index (Phi) is 4.05. The average Bonchev–Trinajstić information content (AvgIpc) is 3.35. The molecule has 1 N–H and O–H groups in total. The summed E-state index contributed by atoms with van der Waals surface area (Å²) >= 11 is 0. The summed E-state index contributed by atoms with van der Waals surface area (Å²) in [6.45, 7) is 1.13. The van der Waals surface area contributed by atoms with Crippen molar-refractivity contribution in [2.45, 2.75) is 25.2 Å². The normalized spacial score (nSPS) is 24.9. The zero-order valence-corrected chi connectivity index (χ0v) is 12.7. The van der Waals surface area contributed by atoms with Crippen molar-refractivity contribution in [1.82, 2.24) is 4.90 Å². The molecule has 0 radical (unpaired) electrons. The minimum absolute atomic E-state index is 0.0495. The van der Waals surface area contributed by atoms with E-state index in [1.54, 1.807) is 7.11 Å². The van der Waals surface area contributed by atoms with Crippen LogP contribution in [0.15, 0.2) is 24.3 Å². The van der Waals surface area contributed by atoms with Gasteiger partial charge in [0.25, 0.3) is 0 Å². The van der Waals surface area contributed by atoms with Gasteiger partial charge in [0, 0.05) is 19.0 Å². The molecule has 0 aromatic heterocycles. The minimum atomic E-state index is -0.743. The highest BCUT2D eigenvalue weighted by molar-refractivity contribution is 5.83. The Bertz CT molecular complexity index is 578. The number of piperidine rings is 1. The summed E-state index contributed by atoms with van der Waals surface area (Å²) in [5, 5.41) is 9.01. The maximum Gasteiger partial charge on any atom is 0.306 e. The molecule has 0 spiro atoms. The molecule has 118 valence electrons. The lowest BCUT2D eigenvalue weighted by Gasteiger charge is -2.30. The SMILES string of the molecule is COc1cccc([C@H]2C[C@@H]2C(=O)N2CCC(C(=O)O)CC2)c1. The number of nitrogens with zero attached hydrogens (tertiary/aromatic N) is 1. The summed E-state index contributed by atoms with van der Waals surface area (Å²) in [7, 11) is 1.64. The van der Waals surface area contributed by atoms with Crippen molar-refractivity contribution in [1.29, 1.82) is 0 Å². The van der Waals surface area contributed by atoms with Crippen molar-refractivity contribution in [2.75, 3.05) is 20.2 Å². The lowest BCUT2D eigenvalue weighted by Crippen LogP contribution is -2.41. The van der Waals surface area contributed by atoms with E-state index in [0.717, 1.165) is 17.7 Å². The van der Waals surface area contributed by atoms with Crippen LogP contribution in [0.4, 0.5) is 0 Å². The smallest absolute Gasteiger partial charge is 0.306 e. The van der Waals surface area contributed by atoms with Gasteiger partial charge in [0.2, 0.25) is 5.91 Å². The van der Waals surface area contributed by atoms with Gasteiger partial charge in [-0.3, -0.25) is 9.59 Å². The van der Waals surface area contributed by atoms with Crippen LogP contribution in [0.25, 0.3) is 0 Å². The number of methoxy groups -OCH3 is 1. The Balaban J connectivity index is 1.58. The number of likely N-dealkylation sites (tertiary alicyclic amines) is 1. The van der Waals surface area contributed by atoms with Gasteiger partial charge in [0.1, 0.15) is 5.75 Å². The first-order valence-corrected chi connectivity index (χ1v) is 7.75. The van der Waals surface area contributed by atoms with Gasteiger partial charge in [-0.1, -0.05) is 12.1 Å². The van der Waals surface area contributed by atoms with E-state index >= 15 is 0 Å². The van der Waals surface area contributed by atoms with Gasteiger partial charge in [-0.05, 0) is 42.9 Å². The molecular formula is C17H21NO4. The van der Waals surface area contributed by atoms with Crippen LogP contribution in [0, 0.1) is 11.8 Å². The number of carbonyl (C=O) groups is 2. The minimum Gasteiger partial charge on any atom is -0.497 e. The molecule has 22 heavy (non-hydrogen) atoms. The molecule has 0 bridgehead atoms. The van der Waals surface area contributed by atoms with Crippen LogP contribution < -0.4 is 4.74 Å². The van der Waals surface area contributed by atoms with Crippen LogP contribution in [0.5, 0.6) is 5.75 Å². The second-order valence-corrected chi connectivity index (χ2v) is 6.16. The molecular weight excluding hydrogens is 282 g/mol. The van der Waals surface area contributed by atoms with E-state index in [-0.39, 0.29) is 23.7 Å². The number of aliphatic carboxylic acids is 1. The molecule has 1 aliphatic carbocycles. The molecule has 1 aromatic carbocycles. The van der Waals surface area contributed by atoms with Gasteiger partial charge < -0.3 is 14.7 Å². The number of hydrogen-bond donors (Lipinski definition) is 1. The van der Waals surface area contributed by atoms with Gasteiger partial charge in [-0.2, -0.15) is 0 Å². The lowest BCUT2D eigenvalue weighted by molar-refractivity contribution is -0.146. The van der Waals surface area contributed by atoms with Gasteiger partial charge >= 0.3 is 5.97 Å². The molecule has 1 saturated carbocycles. The molecule has 1 heterocycles. The van der Waals surface area contributed by atoms with Crippen molar-refractivity contribution < 1.29 is 19.4 Å². The maximum atomic E-state index is 12.5. The topological polar surface area (TPSA) is 66.8 Å². The van der Waals surface area contributed by atoms with Gasteiger partial charge in [-0.15, -0.1) is 0 Å². The van der Waals surface area contributed by atoms with Gasteiger partial charge in [0.15, 0.2) is 0 Å². The number of benzene rings is 1. The Hall–Kier alpha value is -2.04. The fraction of sp³-hybridized carbons (Fsp3) is 0.529. The fourth-order valence-corrected chi connectivity index (χ4v) is 3.29. The molecule has 1 saturated heterocycles.